The van der Waals surface area contributed by atoms with Gasteiger partial charge in [0, 0.05) is 30.6 Å². The van der Waals surface area contributed by atoms with Crippen molar-refractivity contribution in [3.8, 4) is 5.82 Å². The van der Waals surface area contributed by atoms with Crippen LogP contribution < -0.4 is 10.9 Å². The number of carbonyl (C=O) groups is 1. The Balaban J connectivity index is 1.68. The van der Waals surface area contributed by atoms with E-state index < -0.39 is 17.6 Å². The molecule has 0 aliphatic carbocycles. The second-order valence-corrected chi connectivity index (χ2v) is 5.93. The van der Waals surface area contributed by atoms with Gasteiger partial charge in [0.2, 0.25) is 0 Å². The van der Waals surface area contributed by atoms with Crippen LogP contribution in [0.15, 0.2) is 53.6 Å². The smallest absolute Gasteiger partial charge is 0.350 e. The number of rotatable bonds is 5. The van der Waals surface area contributed by atoms with Crippen molar-refractivity contribution in [3.63, 3.8) is 0 Å². The van der Waals surface area contributed by atoms with Gasteiger partial charge in [0.1, 0.15) is 5.82 Å². The topological polar surface area (TPSA) is 81.8 Å². The van der Waals surface area contributed by atoms with E-state index >= 15 is 0 Å². The number of imidazole rings is 1. The predicted molar refractivity (Wildman–Crippen MR) is 94.1 cm³/mol. The molecule has 0 spiro atoms. The fraction of sp³-hybridized carbons (Fsp3) is 0.222. The molecule has 0 atom stereocenters. The molecule has 0 aliphatic heterocycles. The number of halogens is 3. The van der Waals surface area contributed by atoms with Crippen LogP contribution in [0.3, 0.4) is 0 Å². The average molecular weight is 391 g/mol. The number of hydrogen-bond donors (Lipinski definition) is 1. The Kier molecular flexibility index (Phi) is 5.30. The van der Waals surface area contributed by atoms with Crippen LogP contribution in [0.25, 0.3) is 5.82 Å². The lowest BCUT2D eigenvalue weighted by Crippen LogP contribution is -2.32. The molecular weight excluding hydrogens is 375 g/mol. The standard InChI is InChI=1S/C18H16F3N5O2/c1-12-22-7-9-25(12)15-5-6-16(27)26(24-15)10-8-23-17(28)13-3-2-4-14(11-13)18(19,20)21/h2-7,9,11H,8,10H2,1H3,(H,23,28). The number of nitrogens with one attached hydrogen (secondary N) is 1. The fourth-order valence-electron chi connectivity index (χ4n) is 2.56. The summed E-state index contributed by atoms with van der Waals surface area (Å²) in [5.74, 6) is 0.509. The highest BCUT2D eigenvalue weighted by Crippen LogP contribution is 2.29. The molecule has 7 nitrogen and oxygen atoms in total. The van der Waals surface area contributed by atoms with Crippen molar-refractivity contribution in [1.29, 1.82) is 0 Å². The molecular formula is C18H16F3N5O2. The van der Waals surface area contributed by atoms with Crippen LogP contribution in [-0.4, -0.2) is 31.8 Å². The number of nitrogens with zero attached hydrogens (tertiary/aromatic N) is 4. The molecule has 3 aromatic rings. The first-order valence-electron chi connectivity index (χ1n) is 8.29. The summed E-state index contributed by atoms with van der Waals surface area (Å²) < 4.78 is 41.1. The Morgan fingerprint density at radius 1 is 1.21 bits per heavy atom. The summed E-state index contributed by atoms with van der Waals surface area (Å²) in [5, 5.41) is 6.71. The van der Waals surface area contributed by atoms with E-state index in [2.05, 4.69) is 15.4 Å². The van der Waals surface area contributed by atoms with Crippen LogP contribution in [0.1, 0.15) is 21.7 Å². The summed E-state index contributed by atoms with van der Waals surface area (Å²) in [5.41, 5.74) is -1.38. The molecule has 2 aromatic heterocycles. The van der Waals surface area contributed by atoms with E-state index in [0.717, 1.165) is 12.1 Å². The van der Waals surface area contributed by atoms with E-state index in [1.54, 1.807) is 30.0 Å². The van der Waals surface area contributed by atoms with Crippen molar-refractivity contribution in [3.05, 3.63) is 76.1 Å². The number of carbonyl (C=O) groups excluding carboxylic acids is 1. The van der Waals surface area contributed by atoms with Gasteiger partial charge >= 0.3 is 6.18 Å². The summed E-state index contributed by atoms with van der Waals surface area (Å²) in [4.78, 5) is 28.2. The zero-order chi connectivity index (χ0) is 20.3. The third-order valence-corrected chi connectivity index (χ3v) is 3.99. The van der Waals surface area contributed by atoms with Crippen molar-refractivity contribution in [1.82, 2.24) is 24.6 Å². The second-order valence-electron chi connectivity index (χ2n) is 5.93. The summed E-state index contributed by atoms with van der Waals surface area (Å²) in [6, 6.07) is 7.02. The minimum Gasteiger partial charge on any atom is -0.350 e. The molecule has 28 heavy (non-hydrogen) atoms. The van der Waals surface area contributed by atoms with Crippen molar-refractivity contribution in [2.24, 2.45) is 0 Å². The third kappa shape index (κ3) is 4.27. The van der Waals surface area contributed by atoms with Gasteiger partial charge in [0.05, 0.1) is 12.1 Å². The van der Waals surface area contributed by atoms with Gasteiger partial charge in [-0.25, -0.2) is 9.67 Å². The van der Waals surface area contributed by atoms with Crippen LogP contribution in [0.5, 0.6) is 0 Å². The molecule has 0 bridgehead atoms. The van der Waals surface area contributed by atoms with Crippen molar-refractivity contribution in [2.45, 2.75) is 19.6 Å². The van der Waals surface area contributed by atoms with Crippen LogP contribution in [0.2, 0.25) is 0 Å². The third-order valence-electron chi connectivity index (χ3n) is 3.99. The Labute approximate surface area is 157 Å². The number of aryl methyl sites for hydroxylation is 1. The maximum Gasteiger partial charge on any atom is 0.416 e. The Morgan fingerprint density at radius 2 is 2.00 bits per heavy atom. The maximum absolute atomic E-state index is 12.7. The molecule has 146 valence electrons. The largest absolute Gasteiger partial charge is 0.416 e. The minimum atomic E-state index is -4.53. The highest BCUT2D eigenvalue weighted by molar-refractivity contribution is 5.94. The molecule has 0 aliphatic rings. The first-order chi connectivity index (χ1) is 13.3. The first-order valence-corrected chi connectivity index (χ1v) is 8.29. The normalized spacial score (nSPS) is 11.4. The van der Waals surface area contributed by atoms with Gasteiger partial charge in [-0.2, -0.15) is 18.3 Å². The number of alkyl halides is 3. The zero-order valence-electron chi connectivity index (χ0n) is 14.8. The molecule has 10 heteroatoms. The Hall–Kier alpha value is -3.43. The summed E-state index contributed by atoms with van der Waals surface area (Å²) in [6.45, 7) is 1.87. The lowest BCUT2D eigenvalue weighted by molar-refractivity contribution is -0.137. The van der Waals surface area contributed by atoms with Crippen LogP contribution in [0, 0.1) is 6.92 Å². The number of hydrogen-bond acceptors (Lipinski definition) is 4. The average Bonchev–Trinajstić information content (AvgIpc) is 3.08. The number of aromatic nitrogens is 4. The van der Waals surface area contributed by atoms with Crippen molar-refractivity contribution >= 4 is 5.91 Å². The second kappa shape index (κ2) is 7.67. The van der Waals surface area contributed by atoms with E-state index in [1.807, 2.05) is 0 Å². The monoisotopic (exact) mass is 391 g/mol. The molecule has 0 unspecified atom stereocenters. The summed E-state index contributed by atoms with van der Waals surface area (Å²) in [7, 11) is 0. The van der Waals surface area contributed by atoms with Gasteiger partial charge in [-0.15, -0.1) is 0 Å². The van der Waals surface area contributed by atoms with E-state index in [4.69, 9.17) is 0 Å². The Bertz CT molecular complexity index is 1060. The van der Waals surface area contributed by atoms with E-state index in [9.17, 15) is 22.8 Å². The number of amides is 1. The first kappa shape index (κ1) is 19.3. The van der Waals surface area contributed by atoms with E-state index in [0.29, 0.717) is 11.6 Å². The summed E-state index contributed by atoms with van der Waals surface area (Å²) >= 11 is 0. The molecule has 1 aromatic carbocycles. The summed E-state index contributed by atoms with van der Waals surface area (Å²) in [6.07, 6.45) is -1.23. The minimum absolute atomic E-state index is 0.0222. The molecule has 1 N–H and O–H groups in total. The van der Waals surface area contributed by atoms with Crippen LogP contribution in [-0.2, 0) is 12.7 Å². The lowest BCUT2D eigenvalue weighted by atomic mass is 10.1. The molecule has 0 saturated carbocycles. The lowest BCUT2D eigenvalue weighted by Gasteiger charge is -2.11. The predicted octanol–water partition coefficient (Wildman–Crippen LogP) is 2.19. The molecule has 3 rings (SSSR count). The van der Waals surface area contributed by atoms with Crippen molar-refractivity contribution in [2.75, 3.05) is 6.54 Å². The van der Waals surface area contributed by atoms with Crippen molar-refractivity contribution < 1.29 is 18.0 Å². The van der Waals surface area contributed by atoms with Gasteiger partial charge in [0.15, 0.2) is 5.82 Å². The highest BCUT2D eigenvalue weighted by atomic mass is 19.4. The zero-order valence-corrected chi connectivity index (χ0v) is 14.8. The van der Waals surface area contributed by atoms with Gasteiger partial charge < -0.3 is 5.32 Å². The number of benzene rings is 1. The maximum atomic E-state index is 12.7. The molecule has 0 fully saturated rings. The molecule has 0 saturated heterocycles. The van der Waals surface area contributed by atoms with E-state index in [-0.39, 0.29) is 24.2 Å². The quantitative estimate of drug-likeness (QED) is 0.723. The Morgan fingerprint density at radius 3 is 2.68 bits per heavy atom. The van der Waals surface area contributed by atoms with Gasteiger partial charge in [0.25, 0.3) is 11.5 Å². The van der Waals surface area contributed by atoms with Gasteiger partial charge in [-0.1, -0.05) is 6.07 Å². The fourth-order valence-corrected chi connectivity index (χ4v) is 2.56. The van der Waals surface area contributed by atoms with Gasteiger partial charge in [-0.05, 0) is 31.2 Å². The van der Waals surface area contributed by atoms with Crippen LogP contribution in [0.4, 0.5) is 13.2 Å². The SMILES string of the molecule is Cc1nccn1-c1ccc(=O)n(CCNC(=O)c2cccc(C(F)(F)F)c2)n1. The van der Waals surface area contributed by atoms with Gasteiger partial charge in [-0.3, -0.25) is 14.2 Å². The van der Waals surface area contributed by atoms with E-state index in [1.165, 1.54) is 22.9 Å². The van der Waals surface area contributed by atoms with Crippen LogP contribution >= 0.6 is 0 Å². The molecule has 2 heterocycles. The molecule has 0 radical (unpaired) electrons. The molecule has 1 amide bonds. The highest BCUT2D eigenvalue weighted by Gasteiger charge is 2.30.